The molecule has 3 heterocycles. The van der Waals surface area contributed by atoms with E-state index >= 15 is 0 Å². The third-order valence-corrected chi connectivity index (χ3v) is 12.1. The van der Waals surface area contributed by atoms with Crippen molar-refractivity contribution in [1.82, 2.24) is 31.2 Å². The first-order valence-corrected chi connectivity index (χ1v) is 21.2. The molecule has 3 rings (SSSR count). The SMILES string of the molecule is CC(C)C[C@@H](/C=C/CC(=O)N1CCC[C@H]1C(=O)N[C@H](C(=O)N[C@@H](C)C(=O)NC1CC(C)(C)N(O)C(C)(C)C1)C(C)C)NC(=O)OCC[S+]([O-])CC1(C)COC1. The third kappa shape index (κ3) is 13.9. The first kappa shape index (κ1) is 46.5. The van der Waals surface area contributed by atoms with Crippen LogP contribution in [0.25, 0.3) is 0 Å². The minimum absolute atomic E-state index is 0.0168. The molecule has 5 N–H and O–H groups in total. The van der Waals surface area contributed by atoms with Gasteiger partial charge in [-0.15, -0.1) is 0 Å². The summed E-state index contributed by atoms with van der Waals surface area (Å²) in [6.45, 7) is 20.5. The van der Waals surface area contributed by atoms with Gasteiger partial charge in [0.1, 0.15) is 36.2 Å². The van der Waals surface area contributed by atoms with Crippen LogP contribution in [0.3, 0.4) is 0 Å². The van der Waals surface area contributed by atoms with Crippen molar-refractivity contribution in [3.05, 3.63) is 12.2 Å². The van der Waals surface area contributed by atoms with E-state index in [9.17, 15) is 33.7 Å². The lowest BCUT2D eigenvalue weighted by molar-refractivity contribution is -0.246. The van der Waals surface area contributed by atoms with E-state index in [2.05, 4.69) is 21.3 Å². The summed E-state index contributed by atoms with van der Waals surface area (Å²) in [6, 6.07) is -3.14. The van der Waals surface area contributed by atoms with Gasteiger partial charge < -0.3 is 45.4 Å². The molecule has 0 aromatic heterocycles. The molecule has 0 radical (unpaired) electrons. The molecule has 0 bridgehead atoms. The average Bonchev–Trinajstić information content (AvgIpc) is 3.55. The number of hydrogen-bond donors (Lipinski definition) is 5. The average molecular weight is 797 g/mol. The molecule has 3 aliphatic rings. The number of hydroxylamine groups is 2. The number of nitrogens with zero attached hydrogens (tertiary/aromatic N) is 2. The van der Waals surface area contributed by atoms with Gasteiger partial charge in [-0.3, -0.25) is 19.2 Å². The zero-order valence-electron chi connectivity index (χ0n) is 34.7. The second-order valence-corrected chi connectivity index (χ2v) is 19.6. The minimum Gasteiger partial charge on any atom is -0.616 e. The maximum atomic E-state index is 13.6. The summed E-state index contributed by atoms with van der Waals surface area (Å²) in [5.74, 6) is -0.841. The normalized spacial score (nSPS) is 23.1. The van der Waals surface area contributed by atoms with E-state index in [-0.39, 0.29) is 53.9 Å². The molecular weight excluding hydrogens is 729 g/mol. The van der Waals surface area contributed by atoms with Crippen LogP contribution in [0.2, 0.25) is 0 Å². The summed E-state index contributed by atoms with van der Waals surface area (Å²) < 4.78 is 22.9. The predicted octanol–water partition coefficient (Wildman–Crippen LogP) is 3.02. The highest BCUT2D eigenvalue weighted by molar-refractivity contribution is 7.91. The molecule has 3 saturated heterocycles. The molecule has 5 atom stereocenters. The van der Waals surface area contributed by atoms with Crippen LogP contribution >= 0.6 is 0 Å². The minimum atomic E-state index is -1.12. The lowest BCUT2D eigenvalue weighted by atomic mass is 9.79. The van der Waals surface area contributed by atoms with E-state index < -0.39 is 64.3 Å². The third-order valence-electron chi connectivity index (χ3n) is 10.5. The first-order valence-electron chi connectivity index (χ1n) is 19.8. The Morgan fingerprint density at radius 1 is 0.964 bits per heavy atom. The lowest BCUT2D eigenvalue weighted by Crippen LogP contribution is -2.64. The Balaban J connectivity index is 1.50. The van der Waals surface area contributed by atoms with E-state index in [1.54, 1.807) is 32.9 Å². The zero-order valence-corrected chi connectivity index (χ0v) is 35.5. The highest BCUT2D eigenvalue weighted by Gasteiger charge is 2.46. The maximum Gasteiger partial charge on any atom is 0.407 e. The van der Waals surface area contributed by atoms with Gasteiger partial charge in [-0.1, -0.05) is 46.8 Å². The summed E-state index contributed by atoms with van der Waals surface area (Å²) in [6.07, 6.45) is 5.59. The fraction of sp³-hybridized carbons (Fsp3) is 0.821. The Morgan fingerprint density at radius 2 is 1.60 bits per heavy atom. The van der Waals surface area contributed by atoms with E-state index in [0.29, 0.717) is 57.6 Å². The molecule has 15 nitrogen and oxygen atoms in total. The Hall–Kier alpha value is -2.92. The Labute approximate surface area is 330 Å². The number of ether oxygens (including phenoxy) is 2. The van der Waals surface area contributed by atoms with Crippen molar-refractivity contribution < 1.29 is 43.2 Å². The molecule has 314 valence electrons. The summed E-state index contributed by atoms with van der Waals surface area (Å²) >= 11 is -1.12. The highest BCUT2D eigenvalue weighted by atomic mass is 32.2. The number of nitrogens with one attached hydrogen (secondary N) is 4. The number of amides is 5. The van der Waals surface area contributed by atoms with Gasteiger partial charge in [0.2, 0.25) is 23.6 Å². The Morgan fingerprint density at radius 3 is 2.16 bits per heavy atom. The fourth-order valence-electron chi connectivity index (χ4n) is 7.75. The van der Waals surface area contributed by atoms with Gasteiger partial charge in [-0.25, -0.2) is 4.79 Å². The lowest BCUT2D eigenvalue weighted by Gasteiger charge is -2.51. The molecule has 0 saturated carbocycles. The van der Waals surface area contributed by atoms with E-state index in [0.717, 1.165) is 0 Å². The molecule has 1 unspecified atom stereocenters. The second-order valence-electron chi connectivity index (χ2n) is 18.0. The number of rotatable bonds is 18. The summed E-state index contributed by atoms with van der Waals surface area (Å²) in [7, 11) is 0. The van der Waals surface area contributed by atoms with Crippen LogP contribution in [0.4, 0.5) is 4.79 Å². The van der Waals surface area contributed by atoms with Gasteiger partial charge in [-0.2, -0.15) is 5.06 Å². The smallest absolute Gasteiger partial charge is 0.407 e. The van der Waals surface area contributed by atoms with Crippen molar-refractivity contribution in [2.45, 2.75) is 149 Å². The van der Waals surface area contributed by atoms with Gasteiger partial charge in [0, 0.05) is 30.1 Å². The second kappa shape index (κ2) is 20.0. The van der Waals surface area contributed by atoms with Gasteiger partial charge in [0.05, 0.1) is 24.7 Å². The zero-order chi connectivity index (χ0) is 41.3. The van der Waals surface area contributed by atoms with E-state index in [1.807, 2.05) is 48.5 Å². The Bertz CT molecular complexity index is 1350. The molecular formula is C39H68N6O9S. The summed E-state index contributed by atoms with van der Waals surface area (Å²) in [5.41, 5.74) is -1.19. The van der Waals surface area contributed by atoms with Crippen molar-refractivity contribution in [2.24, 2.45) is 17.3 Å². The van der Waals surface area contributed by atoms with Crippen molar-refractivity contribution in [3.63, 3.8) is 0 Å². The fourth-order valence-corrected chi connectivity index (χ4v) is 9.11. The van der Waals surface area contributed by atoms with Crippen LogP contribution < -0.4 is 21.3 Å². The van der Waals surface area contributed by atoms with Crippen molar-refractivity contribution in [1.29, 1.82) is 0 Å². The van der Waals surface area contributed by atoms with Crippen LogP contribution in [-0.2, 0) is 39.8 Å². The molecule has 0 spiro atoms. The monoisotopic (exact) mass is 796 g/mol. The Kier molecular flexibility index (Phi) is 16.9. The molecule has 3 aliphatic heterocycles. The summed E-state index contributed by atoms with van der Waals surface area (Å²) in [5, 5.41) is 23.4. The van der Waals surface area contributed by atoms with Crippen molar-refractivity contribution >= 4 is 40.9 Å². The molecule has 0 aromatic carbocycles. The van der Waals surface area contributed by atoms with Gasteiger partial charge in [0.15, 0.2) is 0 Å². The van der Waals surface area contributed by atoms with Crippen LogP contribution in [0.1, 0.15) is 108 Å². The molecule has 3 fully saturated rings. The molecule has 0 aliphatic carbocycles. The van der Waals surface area contributed by atoms with Crippen LogP contribution in [0.15, 0.2) is 12.2 Å². The number of likely N-dealkylation sites (tertiary alicyclic amines) is 1. The summed E-state index contributed by atoms with van der Waals surface area (Å²) in [4.78, 5) is 67.6. The van der Waals surface area contributed by atoms with E-state index in [4.69, 9.17) is 9.47 Å². The first-order chi connectivity index (χ1) is 25.5. The van der Waals surface area contributed by atoms with E-state index in [1.165, 1.54) is 9.96 Å². The molecule has 5 amide bonds. The van der Waals surface area contributed by atoms with Crippen molar-refractivity contribution in [3.8, 4) is 0 Å². The number of hydrogen-bond acceptors (Lipinski definition) is 10. The predicted molar refractivity (Wildman–Crippen MR) is 210 cm³/mol. The quantitative estimate of drug-likeness (QED) is 0.101. The molecule has 0 aromatic rings. The topological polar surface area (TPSA) is 202 Å². The highest BCUT2D eigenvalue weighted by Crippen LogP contribution is 2.36. The standard InChI is InChI=1S/C39H68N6O9S/c1-25(2)19-28(42-36(50)54-17-18-55(52)24-39(10)22-53-23-39)13-11-15-31(46)44-16-12-14-30(44)34(48)43-32(26(3)4)35(49)40-27(5)33(47)41-29-20-37(6,7)45(51)38(8,9)21-29/h11,13,25-30,32,51H,12,14-24H2,1-10H3,(H,40,49)(H,41,47)(H,42,50)(H,43,48)/b13-11+/t27-,28+,30-,32-,55?/m0/s1. The van der Waals surface area contributed by atoms with Crippen molar-refractivity contribution in [2.75, 3.05) is 37.9 Å². The number of alkyl carbamates (subject to hydrolysis) is 1. The van der Waals surface area contributed by atoms with Gasteiger partial charge in [-0.05, 0) is 89.7 Å². The maximum absolute atomic E-state index is 13.6. The number of carbonyl (C=O) groups excluding carboxylic acids is 5. The van der Waals surface area contributed by atoms with Crippen LogP contribution in [0.5, 0.6) is 0 Å². The number of carbonyl (C=O) groups is 5. The number of piperidine rings is 1. The molecule has 55 heavy (non-hydrogen) atoms. The van der Waals surface area contributed by atoms with Crippen LogP contribution in [-0.4, -0.2) is 129 Å². The van der Waals surface area contributed by atoms with Gasteiger partial charge in [0.25, 0.3) is 0 Å². The van der Waals surface area contributed by atoms with Gasteiger partial charge >= 0.3 is 6.09 Å². The molecule has 16 heteroatoms. The van der Waals surface area contributed by atoms with Crippen LogP contribution in [0, 0.1) is 17.3 Å². The largest absolute Gasteiger partial charge is 0.616 e.